The number of rotatable bonds is 2. The Morgan fingerprint density at radius 3 is 2.79 bits per heavy atom. The molecule has 0 amide bonds. The van der Waals surface area contributed by atoms with Crippen molar-refractivity contribution in [3.63, 3.8) is 0 Å². The van der Waals surface area contributed by atoms with Gasteiger partial charge in [0.25, 0.3) is 0 Å². The summed E-state index contributed by atoms with van der Waals surface area (Å²) >= 11 is 0. The van der Waals surface area contributed by atoms with Crippen LogP contribution in [0, 0.1) is 0 Å². The third-order valence-corrected chi connectivity index (χ3v) is 4.03. The molecule has 2 aromatic rings. The quantitative estimate of drug-likeness (QED) is 0.874. The van der Waals surface area contributed by atoms with E-state index < -0.39 is 0 Å². The van der Waals surface area contributed by atoms with Crippen molar-refractivity contribution in [1.29, 1.82) is 0 Å². The van der Waals surface area contributed by atoms with Crippen LogP contribution in [0.2, 0.25) is 0 Å². The van der Waals surface area contributed by atoms with E-state index in [0.717, 1.165) is 18.6 Å². The number of anilines is 1. The molecule has 1 N–H and O–H groups in total. The fourth-order valence-electron chi connectivity index (χ4n) is 2.79. The van der Waals surface area contributed by atoms with Crippen LogP contribution < -0.4 is 10.1 Å². The molecule has 0 radical (unpaired) electrons. The van der Waals surface area contributed by atoms with Gasteiger partial charge >= 0.3 is 0 Å². The van der Waals surface area contributed by atoms with Crippen LogP contribution >= 0.6 is 0 Å². The van der Waals surface area contributed by atoms with E-state index in [2.05, 4.69) is 54.7 Å². The molecule has 3 rings (SSSR count). The monoisotopic (exact) mass is 253 g/mol. The van der Waals surface area contributed by atoms with Crippen LogP contribution in [0.15, 0.2) is 48.5 Å². The summed E-state index contributed by atoms with van der Waals surface area (Å²) in [7, 11) is 1.71. The van der Waals surface area contributed by atoms with Gasteiger partial charge in [-0.05, 0) is 49.1 Å². The molecule has 19 heavy (non-hydrogen) atoms. The third-order valence-electron chi connectivity index (χ3n) is 4.03. The van der Waals surface area contributed by atoms with Gasteiger partial charge in [0.05, 0.1) is 12.6 Å². The molecular weight excluding hydrogens is 234 g/mol. The first kappa shape index (κ1) is 12.1. The fraction of sp³-hybridized carbons (Fsp3) is 0.294. The Morgan fingerprint density at radius 1 is 1.11 bits per heavy atom. The molecular formula is C17H19NO. The van der Waals surface area contributed by atoms with Gasteiger partial charge in [0.1, 0.15) is 5.75 Å². The number of nitrogens with one attached hydrogen (secondary N) is 1. The highest BCUT2D eigenvalue weighted by atomic mass is 16.5. The summed E-state index contributed by atoms with van der Waals surface area (Å²) in [4.78, 5) is 0. The molecule has 98 valence electrons. The van der Waals surface area contributed by atoms with Gasteiger partial charge in [-0.2, -0.15) is 0 Å². The number of ether oxygens (including phenoxy) is 1. The lowest BCUT2D eigenvalue weighted by atomic mass is 9.82. The SMILES string of the molecule is COc1cccc(C2(C)CCc3ccccc3N2)c1. The molecule has 1 atom stereocenters. The lowest BCUT2D eigenvalue weighted by Crippen LogP contribution is -2.35. The molecule has 0 fully saturated rings. The summed E-state index contributed by atoms with van der Waals surface area (Å²) in [6.45, 7) is 2.26. The minimum Gasteiger partial charge on any atom is -0.497 e. The molecule has 1 aliphatic heterocycles. The van der Waals surface area contributed by atoms with Gasteiger partial charge in [0, 0.05) is 5.69 Å². The van der Waals surface area contributed by atoms with E-state index in [1.807, 2.05) is 6.07 Å². The highest BCUT2D eigenvalue weighted by Gasteiger charge is 2.30. The zero-order chi connectivity index (χ0) is 13.3. The van der Waals surface area contributed by atoms with Crippen LogP contribution in [0.25, 0.3) is 0 Å². The first-order chi connectivity index (χ1) is 9.21. The van der Waals surface area contributed by atoms with Crippen molar-refractivity contribution in [3.8, 4) is 5.75 Å². The Bertz CT molecular complexity index is 593. The second-order valence-corrected chi connectivity index (χ2v) is 5.35. The predicted molar refractivity (Wildman–Crippen MR) is 78.7 cm³/mol. The minimum atomic E-state index is -0.0249. The van der Waals surface area contributed by atoms with Crippen molar-refractivity contribution in [1.82, 2.24) is 0 Å². The second kappa shape index (κ2) is 4.61. The summed E-state index contributed by atoms with van der Waals surface area (Å²) in [6.07, 6.45) is 2.20. The average Bonchev–Trinajstić information content (AvgIpc) is 2.47. The topological polar surface area (TPSA) is 21.3 Å². The van der Waals surface area contributed by atoms with Crippen molar-refractivity contribution in [2.75, 3.05) is 12.4 Å². The van der Waals surface area contributed by atoms with E-state index >= 15 is 0 Å². The largest absolute Gasteiger partial charge is 0.497 e. The lowest BCUT2D eigenvalue weighted by molar-refractivity contribution is 0.410. The van der Waals surface area contributed by atoms with Crippen molar-refractivity contribution in [3.05, 3.63) is 59.7 Å². The first-order valence-electron chi connectivity index (χ1n) is 6.72. The van der Waals surface area contributed by atoms with E-state index in [4.69, 9.17) is 4.74 Å². The van der Waals surface area contributed by atoms with E-state index in [9.17, 15) is 0 Å². The second-order valence-electron chi connectivity index (χ2n) is 5.35. The van der Waals surface area contributed by atoms with Gasteiger partial charge in [-0.1, -0.05) is 30.3 Å². The molecule has 1 heterocycles. The fourth-order valence-corrected chi connectivity index (χ4v) is 2.79. The molecule has 1 aliphatic rings. The van der Waals surface area contributed by atoms with Gasteiger partial charge in [-0.15, -0.1) is 0 Å². The Balaban J connectivity index is 1.96. The van der Waals surface area contributed by atoms with Gasteiger partial charge < -0.3 is 10.1 Å². The molecule has 2 aromatic carbocycles. The van der Waals surface area contributed by atoms with Crippen molar-refractivity contribution < 1.29 is 4.74 Å². The molecule has 1 unspecified atom stereocenters. The van der Waals surface area contributed by atoms with Gasteiger partial charge in [0.2, 0.25) is 0 Å². The smallest absolute Gasteiger partial charge is 0.119 e. The Labute approximate surface area is 114 Å². The summed E-state index contributed by atoms with van der Waals surface area (Å²) in [6, 6.07) is 16.9. The zero-order valence-electron chi connectivity index (χ0n) is 11.4. The summed E-state index contributed by atoms with van der Waals surface area (Å²) < 4.78 is 5.33. The first-order valence-corrected chi connectivity index (χ1v) is 6.72. The van der Waals surface area contributed by atoms with Gasteiger partial charge in [-0.25, -0.2) is 0 Å². The van der Waals surface area contributed by atoms with E-state index in [0.29, 0.717) is 0 Å². The maximum absolute atomic E-state index is 5.33. The lowest BCUT2D eigenvalue weighted by Gasteiger charge is -2.37. The standard InChI is InChI=1S/C17H19NO/c1-17(14-7-5-8-15(12-14)19-2)11-10-13-6-3-4-9-16(13)18-17/h3-9,12,18H,10-11H2,1-2H3. The number of hydrogen-bond acceptors (Lipinski definition) is 2. The normalized spacial score (nSPS) is 21.4. The maximum Gasteiger partial charge on any atom is 0.119 e. The van der Waals surface area contributed by atoms with Crippen molar-refractivity contribution in [2.45, 2.75) is 25.3 Å². The molecule has 2 nitrogen and oxygen atoms in total. The summed E-state index contributed by atoms with van der Waals surface area (Å²) in [5.74, 6) is 0.916. The van der Waals surface area contributed by atoms with Crippen LogP contribution in [0.4, 0.5) is 5.69 Å². The molecule has 0 saturated heterocycles. The number of aryl methyl sites for hydroxylation is 1. The molecule has 0 bridgehead atoms. The number of para-hydroxylation sites is 1. The van der Waals surface area contributed by atoms with Crippen LogP contribution in [-0.2, 0) is 12.0 Å². The van der Waals surface area contributed by atoms with E-state index in [1.54, 1.807) is 7.11 Å². The molecule has 0 spiro atoms. The molecule has 0 saturated carbocycles. The van der Waals surface area contributed by atoms with Gasteiger partial charge in [0.15, 0.2) is 0 Å². The van der Waals surface area contributed by atoms with Crippen LogP contribution in [0.3, 0.4) is 0 Å². The number of benzene rings is 2. The summed E-state index contributed by atoms with van der Waals surface area (Å²) in [5, 5.41) is 3.69. The Kier molecular flexibility index (Phi) is 2.94. The third kappa shape index (κ3) is 2.19. The van der Waals surface area contributed by atoms with E-state index in [1.165, 1.54) is 16.8 Å². The van der Waals surface area contributed by atoms with Crippen LogP contribution in [-0.4, -0.2) is 7.11 Å². The van der Waals surface area contributed by atoms with Crippen molar-refractivity contribution >= 4 is 5.69 Å². The van der Waals surface area contributed by atoms with E-state index in [-0.39, 0.29) is 5.54 Å². The molecule has 0 aromatic heterocycles. The minimum absolute atomic E-state index is 0.0249. The van der Waals surface area contributed by atoms with Crippen LogP contribution in [0.5, 0.6) is 5.75 Å². The zero-order valence-corrected chi connectivity index (χ0v) is 11.4. The number of hydrogen-bond donors (Lipinski definition) is 1. The molecule has 0 aliphatic carbocycles. The Morgan fingerprint density at radius 2 is 1.95 bits per heavy atom. The van der Waals surface area contributed by atoms with Crippen molar-refractivity contribution in [2.24, 2.45) is 0 Å². The number of fused-ring (bicyclic) bond motifs is 1. The van der Waals surface area contributed by atoms with Gasteiger partial charge in [-0.3, -0.25) is 0 Å². The average molecular weight is 253 g/mol. The maximum atomic E-state index is 5.33. The number of methoxy groups -OCH3 is 1. The highest BCUT2D eigenvalue weighted by molar-refractivity contribution is 5.57. The molecule has 2 heteroatoms. The Hall–Kier alpha value is -1.96. The predicted octanol–water partition coefficient (Wildman–Crippen LogP) is 3.97. The highest BCUT2D eigenvalue weighted by Crippen LogP contribution is 2.38. The summed E-state index contributed by atoms with van der Waals surface area (Å²) in [5.41, 5.74) is 3.91. The van der Waals surface area contributed by atoms with Crippen LogP contribution in [0.1, 0.15) is 24.5 Å².